The Labute approximate surface area is 124 Å². The van der Waals surface area contributed by atoms with E-state index in [9.17, 15) is 9.59 Å². The number of halogens is 1. The van der Waals surface area contributed by atoms with Gasteiger partial charge in [0.1, 0.15) is 0 Å². The molecule has 0 heterocycles. The molecule has 110 valence electrons. The van der Waals surface area contributed by atoms with Gasteiger partial charge in [-0.3, -0.25) is 9.59 Å². The van der Waals surface area contributed by atoms with E-state index in [1.54, 1.807) is 24.3 Å². The fourth-order valence-electron chi connectivity index (χ4n) is 1.55. The molecule has 0 bridgehead atoms. The van der Waals surface area contributed by atoms with Crippen molar-refractivity contribution in [1.29, 1.82) is 0 Å². The SMILES string of the molecule is CC(C)NC(=O)CCNCC(=O)Nc1ccccc1Cl. The van der Waals surface area contributed by atoms with E-state index >= 15 is 0 Å². The summed E-state index contributed by atoms with van der Waals surface area (Å²) >= 11 is 5.93. The number of amides is 2. The van der Waals surface area contributed by atoms with Gasteiger partial charge in [-0.25, -0.2) is 0 Å². The average molecular weight is 298 g/mol. The lowest BCUT2D eigenvalue weighted by molar-refractivity contribution is -0.121. The van der Waals surface area contributed by atoms with Crippen LogP contribution < -0.4 is 16.0 Å². The summed E-state index contributed by atoms with van der Waals surface area (Å²) in [5.41, 5.74) is 0.582. The summed E-state index contributed by atoms with van der Waals surface area (Å²) in [5.74, 6) is -0.221. The molecular weight excluding hydrogens is 278 g/mol. The number of carbonyl (C=O) groups excluding carboxylic acids is 2. The summed E-state index contributed by atoms with van der Waals surface area (Å²) < 4.78 is 0. The van der Waals surface area contributed by atoms with Gasteiger partial charge in [-0.2, -0.15) is 0 Å². The van der Waals surface area contributed by atoms with Gasteiger partial charge in [0.15, 0.2) is 0 Å². The van der Waals surface area contributed by atoms with Gasteiger partial charge in [0.25, 0.3) is 0 Å². The van der Waals surface area contributed by atoms with E-state index < -0.39 is 0 Å². The van der Waals surface area contributed by atoms with Crippen LogP contribution in [0.1, 0.15) is 20.3 Å². The molecule has 0 radical (unpaired) electrons. The molecule has 1 aromatic rings. The molecular formula is C14H20ClN3O2. The van der Waals surface area contributed by atoms with Crippen LogP contribution in [0.4, 0.5) is 5.69 Å². The lowest BCUT2D eigenvalue weighted by Gasteiger charge is -2.09. The van der Waals surface area contributed by atoms with Gasteiger partial charge in [0.2, 0.25) is 11.8 Å². The molecule has 0 spiro atoms. The van der Waals surface area contributed by atoms with Crippen molar-refractivity contribution < 1.29 is 9.59 Å². The van der Waals surface area contributed by atoms with Crippen molar-refractivity contribution in [1.82, 2.24) is 10.6 Å². The standard InChI is InChI=1S/C14H20ClN3O2/c1-10(2)17-13(19)7-8-16-9-14(20)18-12-6-4-3-5-11(12)15/h3-6,10,16H,7-9H2,1-2H3,(H,17,19)(H,18,20). The highest BCUT2D eigenvalue weighted by Crippen LogP contribution is 2.19. The summed E-state index contributed by atoms with van der Waals surface area (Å²) in [5, 5.41) is 8.89. The Bertz CT molecular complexity index is 463. The molecule has 0 atom stereocenters. The van der Waals surface area contributed by atoms with E-state index in [0.29, 0.717) is 23.7 Å². The third kappa shape index (κ3) is 6.54. The highest BCUT2D eigenvalue weighted by molar-refractivity contribution is 6.33. The Hall–Kier alpha value is -1.59. The molecule has 2 amide bonds. The van der Waals surface area contributed by atoms with Crippen molar-refractivity contribution in [3.8, 4) is 0 Å². The van der Waals surface area contributed by atoms with Crippen LogP contribution in [0.5, 0.6) is 0 Å². The lowest BCUT2D eigenvalue weighted by Crippen LogP contribution is -2.34. The van der Waals surface area contributed by atoms with Crippen LogP contribution in [-0.4, -0.2) is 30.9 Å². The van der Waals surface area contributed by atoms with Crippen molar-refractivity contribution >= 4 is 29.1 Å². The minimum Gasteiger partial charge on any atom is -0.354 e. The zero-order chi connectivity index (χ0) is 15.0. The maximum Gasteiger partial charge on any atom is 0.238 e. The molecule has 0 saturated heterocycles. The Morgan fingerprint density at radius 2 is 1.90 bits per heavy atom. The molecule has 1 rings (SSSR count). The number of rotatable bonds is 7. The molecule has 0 aliphatic carbocycles. The van der Waals surface area contributed by atoms with Gasteiger partial charge >= 0.3 is 0 Å². The molecule has 0 aliphatic heterocycles. The van der Waals surface area contributed by atoms with Crippen molar-refractivity contribution in [3.63, 3.8) is 0 Å². The summed E-state index contributed by atoms with van der Waals surface area (Å²) in [6.07, 6.45) is 0.345. The van der Waals surface area contributed by atoms with Crippen LogP contribution in [0, 0.1) is 0 Å². The first-order valence-electron chi connectivity index (χ1n) is 6.53. The third-order valence-electron chi connectivity index (χ3n) is 2.41. The summed E-state index contributed by atoms with van der Waals surface area (Å²) in [7, 11) is 0. The molecule has 0 fully saturated rings. The van der Waals surface area contributed by atoms with Gasteiger partial charge < -0.3 is 16.0 Å². The summed E-state index contributed by atoms with van der Waals surface area (Å²) in [6, 6.07) is 7.16. The molecule has 3 N–H and O–H groups in total. The number of hydrogen-bond donors (Lipinski definition) is 3. The number of benzene rings is 1. The predicted octanol–water partition coefficient (Wildman–Crippen LogP) is 1.78. The summed E-state index contributed by atoms with van der Waals surface area (Å²) in [4.78, 5) is 23.0. The number of para-hydroxylation sites is 1. The second-order valence-electron chi connectivity index (χ2n) is 4.68. The Kier molecular flexibility index (Phi) is 7.04. The number of nitrogens with one attached hydrogen (secondary N) is 3. The van der Waals surface area contributed by atoms with E-state index in [0.717, 1.165) is 0 Å². The van der Waals surface area contributed by atoms with Gasteiger partial charge in [0.05, 0.1) is 17.3 Å². The van der Waals surface area contributed by atoms with Gasteiger partial charge in [-0.05, 0) is 26.0 Å². The first-order valence-corrected chi connectivity index (χ1v) is 6.91. The van der Waals surface area contributed by atoms with Crippen LogP contribution >= 0.6 is 11.6 Å². The molecule has 0 saturated carbocycles. The largest absolute Gasteiger partial charge is 0.354 e. The minimum absolute atomic E-state index is 0.0287. The molecule has 0 aromatic heterocycles. The third-order valence-corrected chi connectivity index (χ3v) is 2.74. The minimum atomic E-state index is -0.192. The Morgan fingerprint density at radius 1 is 1.20 bits per heavy atom. The topological polar surface area (TPSA) is 70.2 Å². The van der Waals surface area contributed by atoms with Gasteiger partial charge in [-0.15, -0.1) is 0 Å². The molecule has 6 heteroatoms. The highest BCUT2D eigenvalue weighted by atomic mass is 35.5. The van der Waals surface area contributed by atoms with Crippen molar-refractivity contribution in [2.45, 2.75) is 26.3 Å². The molecule has 5 nitrogen and oxygen atoms in total. The number of hydrogen-bond acceptors (Lipinski definition) is 3. The van der Waals surface area contributed by atoms with Crippen LogP contribution in [0.3, 0.4) is 0 Å². The highest BCUT2D eigenvalue weighted by Gasteiger charge is 2.06. The second-order valence-corrected chi connectivity index (χ2v) is 5.08. The fourth-order valence-corrected chi connectivity index (χ4v) is 1.74. The first kappa shape index (κ1) is 16.5. The Morgan fingerprint density at radius 3 is 2.55 bits per heavy atom. The fraction of sp³-hybridized carbons (Fsp3) is 0.429. The maximum atomic E-state index is 11.7. The zero-order valence-corrected chi connectivity index (χ0v) is 12.5. The van der Waals surface area contributed by atoms with E-state index in [4.69, 9.17) is 11.6 Å². The number of anilines is 1. The lowest BCUT2D eigenvalue weighted by atomic mass is 10.3. The van der Waals surface area contributed by atoms with Crippen LogP contribution in [0.2, 0.25) is 5.02 Å². The smallest absolute Gasteiger partial charge is 0.238 e. The van der Waals surface area contributed by atoms with Crippen LogP contribution in [-0.2, 0) is 9.59 Å². The van der Waals surface area contributed by atoms with Crippen LogP contribution in [0.25, 0.3) is 0 Å². The predicted molar refractivity (Wildman–Crippen MR) is 80.8 cm³/mol. The average Bonchev–Trinajstić information content (AvgIpc) is 2.37. The van der Waals surface area contributed by atoms with Crippen molar-refractivity contribution in [3.05, 3.63) is 29.3 Å². The number of carbonyl (C=O) groups is 2. The Balaban J connectivity index is 2.21. The first-order chi connectivity index (χ1) is 9.49. The normalized spacial score (nSPS) is 10.4. The van der Waals surface area contributed by atoms with Gasteiger partial charge in [0, 0.05) is 19.0 Å². The maximum absolute atomic E-state index is 11.7. The van der Waals surface area contributed by atoms with E-state index in [-0.39, 0.29) is 24.4 Å². The molecule has 1 aromatic carbocycles. The molecule has 0 unspecified atom stereocenters. The summed E-state index contributed by atoms with van der Waals surface area (Å²) in [6.45, 7) is 4.40. The zero-order valence-electron chi connectivity index (χ0n) is 11.7. The van der Waals surface area contributed by atoms with Crippen molar-refractivity contribution in [2.75, 3.05) is 18.4 Å². The van der Waals surface area contributed by atoms with E-state index in [1.165, 1.54) is 0 Å². The monoisotopic (exact) mass is 297 g/mol. The molecule has 0 aliphatic rings. The molecule has 20 heavy (non-hydrogen) atoms. The quantitative estimate of drug-likeness (QED) is 0.672. The van der Waals surface area contributed by atoms with Gasteiger partial charge in [-0.1, -0.05) is 23.7 Å². The van der Waals surface area contributed by atoms with E-state index in [2.05, 4.69) is 16.0 Å². The van der Waals surface area contributed by atoms with Crippen LogP contribution in [0.15, 0.2) is 24.3 Å². The van der Waals surface area contributed by atoms with E-state index in [1.807, 2.05) is 13.8 Å². The van der Waals surface area contributed by atoms with Crippen molar-refractivity contribution in [2.24, 2.45) is 0 Å². The second kappa shape index (κ2) is 8.55.